The van der Waals surface area contributed by atoms with Crippen LogP contribution in [0.2, 0.25) is 0 Å². The van der Waals surface area contributed by atoms with Crippen molar-refractivity contribution < 1.29 is 0 Å². The Bertz CT molecular complexity index is 460. The van der Waals surface area contributed by atoms with Crippen LogP contribution in [0.25, 0.3) is 10.6 Å². The Morgan fingerprint density at radius 1 is 1.06 bits per heavy atom. The Balaban J connectivity index is 2.34. The van der Waals surface area contributed by atoms with Gasteiger partial charge in [-0.2, -0.15) is 0 Å². The summed E-state index contributed by atoms with van der Waals surface area (Å²) in [4.78, 5) is 5.88. The lowest BCUT2D eigenvalue weighted by Gasteiger charge is -2.05. The number of rotatable bonds is 2. The average Bonchev–Trinajstić information content (AvgIpc) is 2.59. The van der Waals surface area contributed by atoms with Crippen LogP contribution in [0.1, 0.15) is 35.9 Å². The minimum absolute atomic E-state index is 0.591. The van der Waals surface area contributed by atoms with Crippen LogP contribution in [0, 0.1) is 13.8 Å². The van der Waals surface area contributed by atoms with Gasteiger partial charge in [0.1, 0.15) is 5.01 Å². The summed E-state index contributed by atoms with van der Waals surface area (Å²) >= 11 is 1.77. The van der Waals surface area contributed by atoms with Gasteiger partial charge < -0.3 is 0 Å². The number of benzene rings is 1. The van der Waals surface area contributed by atoms with Crippen molar-refractivity contribution in [3.05, 3.63) is 40.4 Å². The van der Waals surface area contributed by atoms with Crippen LogP contribution in [0.3, 0.4) is 0 Å². The molecule has 2 heteroatoms. The third kappa shape index (κ3) is 2.17. The molecule has 1 heterocycles. The number of aromatic nitrogens is 1. The molecule has 2 rings (SSSR count). The zero-order valence-electron chi connectivity index (χ0n) is 10.2. The lowest BCUT2D eigenvalue weighted by Crippen LogP contribution is -1.86. The first kappa shape index (κ1) is 11.3. The van der Waals surface area contributed by atoms with Crippen LogP contribution in [0.15, 0.2) is 24.3 Å². The summed E-state index contributed by atoms with van der Waals surface area (Å²) in [6, 6.07) is 8.75. The van der Waals surface area contributed by atoms with Crippen LogP contribution >= 0.6 is 11.3 Å². The van der Waals surface area contributed by atoms with Crippen LogP contribution in [-0.2, 0) is 0 Å². The first-order valence-electron chi connectivity index (χ1n) is 5.62. The fourth-order valence-electron chi connectivity index (χ4n) is 1.61. The van der Waals surface area contributed by atoms with Gasteiger partial charge in [-0.05, 0) is 25.3 Å². The Kier molecular flexibility index (Phi) is 3.10. The van der Waals surface area contributed by atoms with Crippen LogP contribution in [0.4, 0.5) is 0 Å². The van der Waals surface area contributed by atoms with Gasteiger partial charge in [0.15, 0.2) is 0 Å². The third-order valence-corrected chi connectivity index (χ3v) is 3.97. The summed E-state index contributed by atoms with van der Waals surface area (Å²) in [6.07, 6.45) is 0. The highest BCUT2D eigenvalue weighted by atomic mass is 32.1. The summed E-state index contributed by atoms with van der Waals surface area (Å²) in [5.41, 5.74) is 3.76. The molecule has 0 unspecified atom stereocenters. The zero-order valence-corrected chi connectivity index (χ0v) is 11.1. The first-order chi connectivity index (χ1) is 7.58. The van der Waals surface area contributed by atoms with Gasteiger partial charge in [0.05, 0.1) is 5.69 Å². The van der Waals surface area contributed by atoms with Crippen molar-refractivity contribution in [1.29, 1.82) is 0 Å². The number of aryl methyl sites for hydroxylation is 2. The van der Waals surface area contributed by atoms with E-state index in [1.807, 2.05) is 0 Å². The topological polar surface area (TPSA) is 12.9 Å². The number of hydrogen-bond donors (Lipinski definition) is 0. The lowest BCUT2D eigenvalue weighted by molar-refractivity contribution is 0.867. The largest absolute Gasteiger partial charge is 0.241 e. The summed E-state index contributed by atoms with van der Waals surface area (Å²) in [5.74, 6) is 0.591. The van der Waals surface area contributed by atoms with Crippen molar-refractivity contribution in [3.8, 4) is 10.6 Å². The van der Waals surface area contributed by atoms with Gasteiger partial charge in [-0.3, -0.25) is 0 Å². The Hall–Kier alpha value is -1.15. The second-order valence-electron chi connectivity index (χ2n) is 4.44. The second-order valence-corrected chi connectivity index (χ2v) is 5.64. The van der Waals surface area contributed by atoms with Crippen molar-refractivity contribution in [3.63, 3.8) is 0 Å². The highest BCUT2D eigenvalue weighted by Crippen LogP contribution is 2.28. The molecule has 0 saturated heterocycles. The molecule has 0 aliphatic carbocycles. The summed E-state index contributed by atoms with van der Waals surface area (Å²) in [6.45, 7) is 8.62. The molecule has 0 atom stereocenters. The van der Waals surface area contributed by atoms with Gasteiger partial charge >= 0.3 is 0 Å². The standard InChI is InChI=1S/C14H17NS/c1-9(2)12-5-7-13(8-6-12)14-15-10(3)11(4)16-14/h5-9H,1-4H3. The molecule has 0 aliphatic heterocycles. The van der Waals surface area contributed by atoms with Crippen LogP contribution < -0.4 is 0 Å². The highest BCUT2D eigenvalue weighted by molar-refractivity contribution is 7.15. The molecule has 16 heavy (non-hydrogen) atoms. The van der Waals surface area contributed by atoms with Gasteiger partial charge in [0.2, 0.25) is 0 Å². The van der Waals surface area contributed by atoms with Crippen LogP contribution in [-0.4, -0.2) is 4.98 Å². The van der Waals surface area contributed by atoms with Gasteiger partial charge in [-0.15, -0.1) is 11.3 Å². The smallest absolute Gasteiger partial charge is 0.123 e. The van der Waals surface area contributed by atoms with E-state index in [1.54, 1.807) is 11.3 Å². The third-order valence-electron chi connectivity index (χ3n) is 2.85. The molecule has 0 amide bonds. The lowest BCUT2D eigenvalue weighted by atomic mass is 10.0. The maximum absolute atomic E-state index is 4.57. The quantitative estimate of drug-likeness (QED) is 0.739. The first-order valence-corrected chi connectivity index (χ1v) is 6.44. The van der Waals surface area contributed by atoms with Gasteiger partial charge in [-0.25, -0.2) is 4.98 Å². The van der Waals surface area contributed by atoms with E-state index in [0.717, 1.165) is 10.7 Å². The van der Waals surface area contributed by atoms with E-state index in [-0.39, 0.29) is 0 Å². The molecule has 0 radical (unpaired) electrons. The molecular weight excluding hydrogens is 214 g/mol. The minimum Gasteiger partial charge on any atom is -0.241 e. The molecule has 1 aromatic heterocycles. The van der Waals surface area contributed by atoms with E-state index in [2.05, 4.69) is 56.9 Å². The molecule has 1 nitrogen and oxygen atoms in total. The fraction of sp³-hybridized carbons (Fsp3) is 0.357. The SMILES string of the molecule is Cc1nc(-c2ccc(C(C)C)cc2)sc1C. The molecule has 0 saturated carbocycles. The predicted molar refractivity (Wildman–Crippen MR) is 71.1 cm³/mol. The van der Waals surface area contributed by atoms with Crippen molar-refractivity contribution in [2.45, 2.75) is 33.6 Å². The summed E-state index contributed by atoms with van der Waals surface area (Å²) in [7, 11) is 0. The van der Waals surface area contributed by atoms with E-state index < -0.39 is 0 Å². The van der Waals surface area contributed by atoms with E-state index >= 15 is 0 Å². The Morgan fingerprint density at radius 3 is 2.12 bits per heavy atom. The van der Waals surface area contributed by atoms with Crippen molar-refractivity contribution in [2.24, 2.45) is 0 Å². The Morgan fingerprint density at radius 2 is 1.69 bits per heavy atom. The molecule has 84 valence electrons. The minimum atomic E-state index is 0.591. The molecule has 1 aromatic carbocycles. The molecule has 0 fully saturated rings. The monoisotopic (exact) mass is 231 g/mol. The molecular formula is C14H17NS. The average molecular weight is 231 g/mol. The fourth-order valence-corrected chi connectivity index (χ4v) is 2.53. The highest BCUT2D eigenvalue weighted by Gasteiger charge is 2.06. The molecule has 0 bridgehead atoms. The number of hydrogen-bond acceptors (Lipinski definition) is 2. The van der Waals surface area contributed by atoms with Crippen molar-refractivity contribution in [1.82, 2.24) is 4.98 Å². The van der Waals surface area contributed by atoms with E-state index in [1.165, 1.54) is 16.0 Å². The predicted octanol–water partition coefficient (Wildman–Crippen LogP) is 4.55. The number of nitrogens with zero attached hydrogens (tertiary/aromatic N) is 1. The second kappa shape index (κ2) is 4.38. The van der Waals surface area contributed by atoms with Crippen LogP contribution in [0.5, 0.6) is 0 Å². The van der Waals surface area contributed by atoms with Gasteiger partial charge in [-0.1, -0.05) is 38.1 Å². The molecule has 0 spiro atoms. The van der Waals surface area contributed by atoms with E-state index in [0.29, 0.717) is 5.92 Å². The summed E-state index contributed by atoms with van der Waals surface area (Å²) < 4.78 is 0. The molecule has 0 aliphatic rings. The van der Waals surface area contributed by atoms with Gasteiger partial charge in [0.25, 0.3) is 0 Å². The molecule has 2 aromatic rings. The molecule has 0 N–H and O–H groups in total. The summed E-state index contributed by atoms with van der Waals surface area (Å²) in [5, 5.41) is 1.13. The van der Waals surface area contributed by atoms with Crippen molar-refractivity contribution in [2.75, 3.05) is 0 Å². The van der Waals surface area contributed by atoms with Crippen molar-refractivity contribution >= 4 is 11.3 Å². The van der Waals surface area contributed by atoms with E-state index in [4.69, 9.17) is 0 Å². The maximum atomic E-state index is 4.57. The zero-order chi connectivity index (χ0) is 11.7. The normalized spacial score (nSPS) is 11.1. The van der Waals surface area contributed by atoms with E-state index in [9.17, 15) is 0 Å². The maximum Gasteiger partial charge on any atom is 0.123 e. The number of thiazole rings is 1. The Labute approximate surface area is 101 Å². The van der Waals surface area contributed by atoms with Gasteiger partial charge in [0, 0.05) is 10.4 Å².